The number of morpholine rings is 1. The number of hydrogen-bond acceptors (Lipinski definition) is 4. The summed E-state index contributed by atoms with van der Waals surface area (Å²) in [5, 5.41) is 2.89. The van der Waals surface area contributed by atoms with Crippen molar-refractivity contribution in [3.05, 3.63) is 60.2 Å². The molecule has 2 aromatic rings. The van der Waals surface area contributed by atoms with Gasteiger partial charge in [0.05, 0.1) is 12.7 Å². The number of carbonyl (C=O) groups excluding carboxylic acids is 1. The van der Waals surface area contributed by atoms with E-state index in [1.54, 1.807) is 0 Å². The summed E-state index contributed by atoms with van der Waals surface area (Å²) in [5.41, 5.74) is 2.35. The molecule has 0 aromatic heterocycles. The lowest BCUT2D eigenvalue weighted by Gasteiger charge is -2.34. The van der Waals surface area contributed by atoms with Crippen LogP contribution in [0.4, 0.5) is 5.69 Å². The molecule has 2 aromatic carbocycles. The number of rotatable bonds is 6. The van der Waals surface area contributed by atoms with Gasteiger partial charge in [-0.15, -0.1) is 0 Å². The number of hydrogen-bond donors (Lipinski definition) is 1. The monoisotopic (exact) mass is 340 g/mol. The SMILES string of the molecule is Cc1ccc(OCC(=O)NCC2CN(c3ccccc3)CCO2)cc1. The van der Waals surface area contributed by atoms with Crippen molar-refractivity contribution in [2.24, 2.45) is 0 Å². The molecule has 0 saturated carbocycles. The maximum atomic E-state index is 12.0. The number of amides is 1. The van der Waals surface area contributed by atoms with Crippen LogP contribution in [0.15, 0.2) is 54.6 Å². The van der Waals surface area contributed by atoms with Crippen LogP contribution < -0.4 is 15.0 Å². The van der Waals surface area contributed by atoms with Crippen LogP contribution in [-0.2, 0) is 9.53 Å². The van der Waals surface area contributed by atoms with Crippen molar-refractivity contribution in [1.82, 2.24) is 5.32 Å². The molecule has 0 spiro atoms. The third-order valence-electron chi connectivity index (χ3n) is 4.18. The van der Waals surface area contributed by atoms with Gasteiger partial charge in [-0.1, -0.05) is 35.9 Å². The van der Waals surface area contributed by atoms with Gasteiger partial charge in [0.25, 0.3) is 5.91 Å². The first-order valence-corrected chi connectivity index (χ1v) is 8.58. The predicted molar refractivity (Wildman–Crippen MR) is 98.1 cm³/mol. The third-order valence-corrected chi connectivity index (χ3v) is 4.18. The Bertz CT molecular complexity index is 673. The first-order valence-electron chi connectivity index (χ1n) is 8.58. The Hall–Kier alpha value is -2.53. The molecule has 3 rings (SSSR count). The highest BCUT2D eigenvalue weighted by molar-refractivity contribution is 5.77. The Labute approximate surface area is 148 Å². The summed E-state index contributed by atoms with van der Waals surface area (Å²) in [5.74, 6) is 0.561. The first-order chi connectivity index (χ1) is 12.2. The highest BCUT2D eigenvalue weighted by Crippen LogP contribution is 2.16. The summed E-state index contributed by atoms with van der Waals surface area (Å²) in [7, 11) is 0. The molecule has 0 bridgehead atoms. The number of carbonyl (C=O) groups is 1. The fraction of sp³-hybridized carbons (Fsp3) is 0.350. The zero-order chi connectivity index (χ0) is 17.5. The minimum Gasteiger partial charge on any atom is -0.484 e. The number of nitrogens with one attached hydrogen (secondary N) is 1. The third kappa shape index (κ3) is 5.22. The van der Waals surface area contributed by atoms with Crippen molar-refractivity contribution in [2.45, 2.75) is 13.0 Å². The average Bonchev–Trinajstić information content (AvgIpc) is 2.67. The zero-order valence-corrected chi connectivity index (χ0v) is 14.5. The highest BCUT2D eigenvalue weighted by atomic mass is 16.5. The molecule has 25 heavy (non-hydrogen) atoms. The van der Waals surface area contributed by atoms with Gasteiger partial charge in [0.1, 0.15) is 5.75 Å². The van der Waals surface area contributed by atoms with Gasteiger partial charge in [-0.3, -0.25) is 4.79 Å². The van der Waals surface area contributed by atoms with Crippen LogP contribution in [0.5, 0.6) is 5.75 Å². The smallest absolute Gasteiger partial charge is 0.258 e. The van der Waals surface area contributed by atoms with E-state index >= 15 is 0 Å². The molecule has 1 unspecified atom stereocenters. The summed E-state index contributed by atoms with van der Waals surface area (Å²) < 4.78 is 11.2. The molecule has 1 N–H and O–H groups in total. The molecule has 1 fully saturated rings. The van der Waals surface area contributed by atoms with Crippen molar-refractivity contribution in [3.8, 4) is 5.75 Å². The lowest BCUT2D eigenvalue weighted by Crippen LogP contribution is -2.48. The Morgan fingerprint density at radius 1 is 1.20 bits per heavy atom. The van der Waals surface area contributed by atoms with Crippen molar-refractivity contribution in [2.75, 3.05) is 37.7 Å². The van der Waals surface area contributed by atoms with Crippen molar-refractivity contribution in [3.63, 3.8) is 0 Å². The number of benzene rings is 2. The summed E-state index contributed by atoms with van der Waals surface area (Å²) >= 11 is 0. The van der Waals surface area contributed by atoms with Crippen LogP contribution in [0.25, 0.3) is 0 Å². The maximum absolute atomic E-state index is 12.0. The second-order valence-electron chi connectivity index (χ2n) is 6.18. The van der Waals surface area contributed by atoms with Gasteiger partial charge in [0, 0.05) is 25.3 Å². The van der Waals surface area contributed by atoms with E-state index in [-0.39, 0.29) is 18.6 Å². The number of para-hydroxylation sites is 1. The van der Waals surface area contributed by atoms with Gasteiger partial charge in [-0.2, -0.15) is 0 Å². The van der Waals surface area contributed by atoms with Crippen LogP contribution >= 0.6 is 0 Å². The van der Waals surface area contributed by atoms with E-state index < -0.39 is 0 Å². The topological polar surface area (TPSA) is 50.8 Å². The molecule has 0 aliphatic carbocycles. The van der Waals surface area contributed by atoms with Crippen LogP contribution in [0.1, 0.15) is 5.56 Å². The highest BCUT2D eigenvalue weighted by Gasteiger charge is 2.21. The molecule has 132 valence electrons. The fourth-order valence-corrected chi connectivity index (χ4v) is 2.78. The second-order valence-corrected chi connectivity index (χ2v) is 6.18. The van der Waals surface area contributed by atoms with Crippen molar-refractivity contribution < 1.29 is 14.3 Å². The normalized spacial score (nSPS) is 17.2. The Balaban J connectivity index is 1.41. The Kier molecular flexibility index (Phi) is 5.90. The summed E-state index contributed by atoms with van der Waals surface area (Å²) in [6.45, 7) is 4.81. The molecule has 1 aliphatic rings. The predicted octanol–water partition coefficient (Wildman–Crippen LogP) is 2.40. The minimum absolute atomic E-state index is 0.0121. The second kappa shape index (κ2) is 8.53. The standard InChI is InChI=1S/C20H24N2O3/c1-16-7-9-18(10-8-16)25-15-20(23)21-13-19-14-22(11-12-24-19)17-5-3-2-4-6-17/h2-10,19H,11-15H2,1H3,(H,21,23). The number of ether oxygens (including phenoxy) is 2. The van der Waals surface area contributed by atoms with E-state index in [0.717, 1.165) is 18.7 Å². The van der Waals surface area contributed by atoms with Gasteiger partial charge in [0.2, 0.25) is 0 Å². The minimum atomic E-state index is -0.138. The lowest BCUT2D eigenvalue weighted by atomic mass is 10.2. The molecular formula is C20H24N2O3. The van der Waals surface area contributed by atoms with Crippen molar-refractivity contribution in [1.29, 1.82) is 0 Å². The number of aryl methyl sites for hydroxylation is 1. The van der Waals surface area contributed by atoms with Crippen LogP contribution in [0, 0.1) is 6.92 Å². The first kappa shape index (κ1) is 17.3. The van der Waals surface area contributed by atoms with E-state index in [9.17, 15) is 4.79 Å². The van der Waals surface area contributed by atoms with E-state index in [0.29, 0.717) is 18.9 Å². The molecule has 1 atom stereocenters. The quantitative estimate of drug-likeness (QED) is 0.877. The molecule has 1 heterocycles. The Morgan fingerprint density at radius 3 is 2.72 bits per heavy atom. The molecular weight excluding hydrogens is 316 g/mol. The largest absolute Gasteiger partial charge is 0.484 e. The van der Waals surface area contributed by atoms with Gasteiger partial charge >= 0.3 is 0 Å². The molecule has 0 radical (unpaired) electrons. The lowest BCUT2D eigenvalue weighted by molar-refractivity contribution is -0.123. The van der Waals surface area contributed by atoms with E-state index in [4.69, 9.17) is 9.47 Å². The van der Waals surface area contributed by atoms with Crippen LogP contribution in [-0.4, -0.2) is 44.9 Å². The molecule has 5 heteroatoms. The maximum Gasteiger partial charge on any atom is 0.258 e. The van der Waals surface area contributed by atoms with Gasteiger partial charge < -0.3 is 19.7 Å². The zero-order valence-electron chi connectivity index (χ0n) is 14.5. The summed E-state index contributed by atoms with van der Waals surface area (Å²) in [6, 6.07) is 17.9. The van der Waals surface area contributed by atoms with E-state index in [2.05, 4.69) is 22.3 Å². The fourth-order valence-electron chi connectivity index (χ4n) is 2.78. The number of nitrogens with zero attached hydrogens (tertiary/aromatic N) is 1. The van der Waals surface area contributed by atoms with Gasteiger partial charge in [-0.05, 0) is 31.2 Å². The summed E-state index contributed by atoms with van der Waals surface area (Å²) in [6.07, 6.45) is -0.0164. The van der Waals surface area contributed by atoms with Crippen molar-refractivity contribution >= 4 is 11.6 Å². The molecule has 1 aliphatic heterocycles. The summed E-state index contributed by atoms with van der Waals surface area (Å²) in [4.78, 5) is 14.3. The van der Waals surface area contributed by atoms with Crippen LogP contribution in [0.2, 0.25) is 0 Å². The average molecular weight is 340 g/mol. The van der Waals surface area contributed by atoms with Crippen LogP contribution in [0.3, 0.4) is 0 Å². The Morgan fingerprint density at radius 2 is 1.96 bits per heavy atom. The van der Waals surface area contributed by atoms with Gasteiger partial charge in [0.15, 0.2) is 6.61 Å². The van der Waals surface area contributed by atoms with Gasteiger partial charge in [-0.25, -0.2) is 0 Å². The molecule has 1 amide bonds. The number of anilines is 1. The molecule has 5 nitrogen and oxygen atoms in total. The van der Waals surface area contributed by atoms with E-state index in [1.807, 2.05) is 49.4 Å². The molecule has 1 saturated heterocycles. The van der Waals surface area contributed by atoms with E-state index in [1.165, 1.54) is 5.69 Å².